The van der Waals surface area contributed by atoms with Crippen molar-refractivity contribution < 1.29 is 14.4 Å². The van der Waals surface area contributed by atoms with E-state index in [1.807, 2.05) is 56.3 Å². The largest absolute Gasteiger partial charge is 0.327 e. The maximum Gasteiger partial charge on any atom is 0.327 e. The molecule has 1 saturated carbocycles. The van der Waals surface area contributed by atoms with E-state index < -0.39 is 0 Å². The number of hydrogen-bond acceptors (Lipinski definition) is 4. The third kappa shape index (κ3) is 4.45. The van der Waals surface area contributed by atoms with E-state index in [2.05, 4.69) is 11.4 Å². The lowest BCUT2D eigenvalue weighted by atomic mass is 9.81. The van der Waals surface area contributed by atoms with E-state index in [-0.39, 0.29) is 48.1 Å². The topological polar surface area (TPSA) is 69.7 Å². The summed E-state index contributed by atoms with van der Waals surface area (Å²) in [5.74, 6) is -0.0656. The number of carbonyl (C=O) groups is 3. The fraction of sp³-hybridized carbons (Fsp3) is 0.444. The normalized spacial score (nSPS) is 26.3. The Balaban J connectivity index is 1.41. The van der Waals surface area contributed by atoms with Crippen LogP contribution in [0.3, 0.4) is 0 Å². The van der Waals surface area contributed by atoms with Gasteiger partial charge in [0.15, 0.2) is 0 Å². The molecule has 2 aliphatic heterocycles. The number of nitrogens with one attached hydrogen (secondary N) is 1. The molecule has 2 aromatic rings. The highest BCUT2D eigenvalue weighted by atomic mass is 32.2. The molecule has 0 spiro atoms. The Bertz CT molecular complexity index is 1090. The summed E-state index contributed by atoms with van der Waals surface area (Å²) in [5, 5.41) is 3.05. The molecule has 178 valence electrons. The van der Waals surface area contributed by atoms with Gasteiger partial charge in [-0.2, -0.15) is 0 Å². The van der Waals surface area contributed by atoms with Gasteiger partial charge >= 0.3 is 6.03 Å². The standard InChI is InChI=1S/C27H31N3O3S/c1-17-12-18(2)14-20(13-17)28-23(31)16-29-24-21-10-6-7-11-22(21)34-25(24)26(32)30(27(29)33)15-19-8-4-3-5-9-19/h3-5,8-9,12-14,21-22,24-25H,6-7,10-11,15-16H2,1-2H3,(H,28,31). The smallest absolute Gasteiger partial charge is 0.325 e. The second-order valence-electron chi connectivity index (χ2n) is 9.78. The van der Waals surface area contributed by atoms with Crippen LogP contribution in [0.1, 0.15) is 42.4 Å². The van der Waals surface area contributed by atoms with Gasteiger partial charge in [0, 0.05) is 10.9 Å². The second-order valence-corrected chi connectivity index (χ2v) is 11.2. The summed E-state index contributed by atoms with van der Waals surface area (Å²) < 4.78 is 0. The number of thioether (sulfide) groups is 1. The second kappa shape index (κ2) is 9.45. The Kier molecular flexibility index (Phi) is 6.38. The molecule has 0 bridgehead atoms. The van der Waals surface area contributed by atoms with E-state index in [0.29, 0.717) is 5.25 Å². The highest BCUT2D eigenvalue weighted by Gasteiger charge is 2.57. The zero-order chi connectivity index (χ0) is 23.8. The number of imide groups is 1. The third-order valence-corrected chi connectivity index (χ3v) is 8.88. The molecule has 4 unspecified atom stereocenters. The maximum absolute atomic E-state index is 13.7. The third-order valence-electron chi connectivity index (χ3n) is 7.17. The van der Waals surface area contributed by atoms with Gasteiger partial charge in [0.2, 0.25) is 11.8 Å². The van der Waals surface area contributed by atoms with E-state index in [9.17, 15) is 14.4 Å². The van der Waals surface area contributed by atoms with Crippen LogP contribution in [0.5, 0.6) is 0 Å². The summed E-state index contributed by atoms with van der Waals surface area (Å²) in [6.07, 6.45) is 4.36. The van der Waals surface area contributed by atoms with Gasteiger partial charge in [0.05, 0.1) is 12.6 Å². The molecule has 3 fully saturated rings. The van der Waals surface area contributed by atoms with Gasteiger partial charge in [-0.3, -0.25) is 14.5 Å². The van der Waals surface area contributed by atoms with Crippen LogP contribution >= 0.6 is 11.8 Å². The first kappa shape index (κ1) is 23.0. The number of hydrogen-bond donors (Lipinski definition) is 1. The van der Waals surface area contributed by atoms with Crippen LogP contribution in [-0.4, -0.2) is 50.7 Å². The minimum absolute atomic E-state index is 0.0463. The molecule has 6 nitrogen and oxygen atoms in total. The van der Waals surface area contributed by atoms with Crippen LogP contribution in [0.2, 0.25) is 0 Å². The Morgan fingerprint density at radius 1 is 1.03 bits per heavy atom. The Morgan fingerprint density at radius 2 is 1.74 bits per heavy atom. The van der Waals surface area contributed by atoms with Crippen LogP contribution in [0.25, 0.3) is 0 Å². The lowest BCUT2D eigenvalue weighted by molar-refractivity contribution is -0.134. The molecule has 1 aliphatic carbocycles. The summed E-state index contributed by atoms with van der Waals surface area (Å²) in [6, 6.07) is 14.9. The van der Waals surface area contributed by atoms with Crippen molar-refractivity contribution in [1.29, 1.82) is 0 Å². The van der Waals surface area contributed by atoms with Gasteiger partial charge < -0.3 is 10.2 Å². The van der Waals surface area contributed by atoms with E-state index >= 15 is 0 Å². The number of urea groups is 1. The number of fused-ring (bicyclic) bond motifs is 3. The summed E-state index contributed by atoms with van der Waals surface area (Å²) in [5.41, 5.74) is 3.78. The van der Waals surface area contributed by atoms with Crippen molar-refractivity contribution in [2.24, 2.45) is 5.92 Å². The zero-order valence-electron chi connectivity index (χ0n) is 19.7. The number of nitrogens with zero attached hydrogens (tertiary/aromatic N) is 2. The molecule has 7 heteroatoms. The van der Waals surface area contributed by atoms with Crippen molar-refractivity contribution in [1.82, 2.24) is 9.80 Å². The number of rotatable bonds is 5. The molecule has 2 heterocycles. The first-order chi connectivity index (χ1) is 16.4. The van der Waals surface area contributed by atoms with E-state index in [0.717, 1.165) is 48.1 Å². The molecular weight excluding hydrogens is 446 g/mol. The monoisotopic (exact) mass is 477 g/mol. The van der Waals surface area contributed by atoms with Crippen LogP contribution in [0, 0.1) is 19.8 Å². The highest BCUT2D eigenvalue weighted by molar-refractivity contribution is 8.01. The lowest BCUT2D eigenvalue weighted by Crippen LogP contribution is -2.64. The van der Waals surface area contributed by atoms with Crippen molar-refractivity contribution in [2.75, 3.05) is 11.9 Å². The molecule has 34 heavy (non-hydrogen) atoms. The molecular formula is C27H31N3O3S. The first-order valence-corrected chi connectivity index (χ1v) is 13.0. The molecule has 4 amide bonds. The maximum atomic E-state index is 13.7. The summed E-state index contributed by atoms with van der Waals surface area (Å²) in [7, 11) is 0. The Morgan fingerprint density at radius 3 is 2.47 bits per heavy atom. The van der Waals surface area contributed by atoms with Gasteiger partial charge in [-0.05, 0) is 61.4 Å². The van der Waals surface area contributed by atoms with Gasteiger partial charge in [-0.1, -0.05) is 49.2 Å². The molecule has 2 aromatic carbocycles. The average Bonchev–Trinajstić information content (AvgIpc) is 3.19. The van der Waals surface area contributed by atoms with Crippen molar-refractivity contribution in [3.05, 3.63) is 65.2 Å². The van der Waals surface area contributed by atoms with Crippen molar-refractivity contribution >= 4 is 35.3 Å². The van der Waals surface area contributed by atoms with Crippen molar-refractivity contribution in [3.8, 4) is 0 Å². The van der Waals surface area contributed by atoms with E-state index in [1.165, 1.54) is 4.90 Å². The fourth-order valence-electron chi connectivity index (χ4n) is 5.79. The van der Waals surface area contributed by atoms with Crippen molar-refractivity contribution in [3.63, 3.8) is 0 Å². The average molecular weight is 478 g/mol. The zero-order valence-corrected chi connectivity index (χ0v) is 20.5. The molecule has 3 aliphatic rings. The van der Waals surface area contributed by atoms with Gasteiger partial charge in [0.25, 0.3) is 0 Å². The van der Waals surface area contributed by atoms with Crippen LogP contribution in [0.4, 0.5) is 10.5 Å². The molecule has 5 rings (SSSR count). The minimum atomic E-state index is -0.350. The predicted molar refractivity (Wildman–Crippen MR) is 135 cm³/mol. The SMILES string of the molecule is Cc1cc(C)cc(NC(=O)CN2C(=O)N(Cc3ccccc3)C(=O)C3SC4CCCCC4C32)c1. The molecule has 2 saturated heterocycles. The first-order valence-electron chi connectivity index (χ1n) is 12.1. The predicted octanol–water partition coefficient (Wildman–Crippen LogP) is 4.75. The lowest BCUT2D eigenvalue weighted by Gasteiger charge is -2.43. The number of aryl methyl sites for hydroxylation is 2. The van der Waals surface area contributed by atoms with Crippen LogP contribution < -0.4 is 5.32 Å². The Labute approximate surface area is 205 Å². The Hall–Kier alpha value is -2.80. The van der Waals surface area contributed by atoms with Gasteiger partial charge in [-0.15, -0.1) is 11.8 Å². The molecule has 0 radical (unpaired) electrons. The number of amides is 4. The van der Waals surface area contributed by atoms with Crippen LogP contribution in [0.15, 0.2) is 48.5 Å². The number of carbonyl (C=O) groups excluding carboxylic acids is 3. The number of benzene rings is 2. The molecule has 1 N–H and O–H groups in total. The summed E-state index contributed by atoms with van der Waals surface area (Å²) >= 11 is 1.72. The van der Waals surface area contributed by atoms with Crippen molar-refractivity contribution in [2.45, 2.75) is 62.6 Å². The molecule has 4 atom stereocenters. The quantitative estimate of drug-likeness (QED) is 0.675. The number of anilines is 1. The van der Waals surface area contributed by atoms with E-state index in [4.69, 9.17) is 0 Å². The van der Waals surface area contributed by atoms with Crippen LogP contribution in [-0.2, 0) is 16.1 Å². The van der Waals surface area contributed by atoms with Gasteiger partial charge in [0.1, 0.15) is 11.8 Å². The highest BCUT2D eigenvalue weighted by Crippen LogP contribution is 2.50. The minimum Gasteiger partial charge on any atom is -0.325 e. The van der Waals surface area contributed by atoms with Gasteiger partial charge in [-0.25, -0.2) is 4.79 Å². The molecule has 0 aromatic heterocycles. The fourth-order valence-corrected chi connectivity index (χ4v) is 7.73. The van der Waals surface area contributed by atoms with E-state index in [1.54, 1.807) is 16.7 Å². The summed E-state index contributed by atoms with van der Waals surface area (Å²) in [6.45, 7) is 4.17. The summed E-state index contributed by atoms with van der Waals surface area (Å²) in [4.78, 5) is 43.4.